The van der Waals surface area contributed by atoms with Crippen molar-refractivity contribution in [1.29, 1.82) is 0 Å². The highest BCUT2D eigenvalue weighted by molar-refractivity contribution is 7.22. The molecule has 5 nitrogen and oxygen atoms in total. The van der Waals surface area contributed by atoms with Crippen LogP contribution in [-0.2, 0) is 0 Å². The molecule has 1 N–H and O–H groups in total. The molecule has 5 rings (SSSR count). The summed E-state index contributed by atoms with van der Waals surface area (Å²) in [6.45, 7) is 2.02. The monoisotopic (exact) mass is 386 g/mol. The van der Waals surface area contributed by atoms with Crippen LogP contribution in [0.15, 0.2) is 30.6 Å². The van der Waals surface area contributed by atoms with Gasteiger partial charge in [0.15, 0.2) is 0 Å². The van der Waals surface area contributed by atoms with E-state index in [4.69, 9.17) is 16.3 Å². The summed E-state index contributed by atoms with van der Waals surface area (Å²) in [5.41, 5.74) is 1.03. The van der Waals surface area contributed by atoms with Gasteiger partial charge in [0.1, 0.15) is 22.7 Å². The highest BCUT2D eigenvalue weighted by Gasteiger charge is 2.33. The summed E-state index contributed by atoms with van der Waals surface area (Å²) in [4.78, 5) is 13.7. The lowest BCUT2D eigenvalue weighted by atomic mass is 10.1. The zero-order valence-electron chi connectivity index (χ0n) is 14.4. The van der Waals surface area contributed by atoms with E-state index in [1.807, 2.05) is 18.2 Å². The first-order chi connectivity index (χ1) is 12.7. The predicted octanol–water partition coefficient (Wildman–Crippen LogP) is 3.96. The molecule has 2 aliphatic heterocycles. The summed E-state index contributed by atoms with van der Waals surface area (Å²) in [7, 11) is 1.67. The number of ether oxygens (including phenoxy) is 1. The van der Waals surface area contributed by atoms with E-state index < -0.39 is 0 Å². The van der Waals surface area contributed by atoms with Gasteiger partial charge in [-0.2, -0.15) is 0 Å². The van der Waals surface area contributed by atoms with E-state index in [0.29, 0.717) is 17.1 Å². The molecular formula is C19H19ClN4OS. The molecule has 2 bridgehead atoms. The zero-order valence-corrected chi connectivity index (χ0v) is 16.0. The van der Waals surface area contributed by atoms with Crippen LogP contribution < -0.4 is 15.0 Å². The van der Waals surface area contributed by atoms with Crippen molar-refractivity contribution >= 4 is 39.0 Å². The number of halogens is 1. The molecule has 0 spiro atoms. The van der Waals surface area contributed by atoms with Crippen LogP contribution >= 0.6 is 22.9 Å². The van der Waals surface area contributed by atoms with Crippen molar-refractivity contribution in [3.8, 4) is 16.2 Å². The van der Waals surface area contributed by atoms with E-state index in [-0.39, 0.29) is 0 Å². The second kappa shape index (κ2) is 6.37. The van der Waals surface area contributed by atoms with Gasteiger partial charge in [0.05, 0.1) is 12.5 Å². The molecule has 0 radical (unpaired) electrons. The van der Waals surface area contributed by atoms with Crippen LogP contribution in [0.25, 0.3) is 20.7 Å². The van der Waals surface area contributed by atoms with Crippen molar-refractivity contribution in [3.63, 3.8) is 0 Å². The van der Waals surface area contributed by atoms with Crippen molar-refractivity contribution in [2.75, 3.05) is 25.1 Å². The Morgan fingerprint density at radius 3 is 2.77 bits per heavy atom. The molecular weight excluding hydrogens is 368 g/mol. The summed E-state index contributed by atoms with van der Waals surface area (Å²) in [5.74, 6) is 1.82. The standard InChI is InChI=1S/C19H19ClN4OS/c1-25-16-6-11(20)2-5-14(16)17-7-15-18(21-10-22-19(15)26-17)24-8-12-3-4-13(9-24)23-12/h2,5-7,10,12-13,23H,3-4,8-9H2,1H3. The molecule has 2 unspecified atom stereocenters. The van der Waals surface area contributed by atoms with E-state index in [1.54, 1.807) is 24.8 Å². The fraction of sp³-hybridized carbons (Fsp3) is 0.368. The number of thiophene rings is 1. The highest BCUT2D eigenvalue weighted by Crippen LogP contribution is 2.41. The zero-order chi connectivity index (χ0) is 17.7. The average Bonchev–Trinajstić information content (AvgIpc) is 3.23. The van der Waals surface area contributed by atoms with Crippen LogP contribution in [0.3, 0.4) is 0 Å². The Morgan fingerprint density at radius 2 is 2.00 bits per heavy atom. The van der Waals surface area contributed by atoms with Gasteiger partial charge in [-0.1, -0.05) is 11.6 Å². The Morgan fingerprint density at radius 1 is 1.19 bits per heavy atom. The normalized spacial score (nSPS) is 22.2. The van der Waals surface area contributed by atoms with E-state index in [1.165, 1.54) is 12.8 Å². The highest BCUT2D eigenvalue weighted by atomic mass is 35.5. The number of methoxy groups -OCH3 is 1. The second-order valence-electron chi connectivity index (χ2n) is 6.91. The van der Waals surface area contributed by atoms with Gasteiger partial charge < -0.3 is 15.0 Å². The van der Waals surface area contributed by atoms with Crippen LogP contribution in [0.1, 0.15) is 12.8 Å². The fourth-order valence-electron chi connectivity index (χ4n) is 4.07. The Hall–Kier alpha value is -1.89. The van der Waals surface area contributed by atoms with Gasteiger partial charge in [0.2, 0.25) is 0 Å². The Kier molecular flexibility index (Phi) is 3.99. The Labute approximate surface area is 161 Å². The molecule has 0 amide bonds. The number of hydrogen-bond donors (Lipinski definition) is 1. The number of piperazine rings is 1. The third kappa shape index (κ3) is 2.73. The first-order valence-corrected chi connectivity index (χ1v) is 10.00. The maximum absolute atomic E-state index is 6.11. The quantitative estimate of drug-likeness (QED) is 0.738. The molecule has 4 heterocycles. The lowest BCUT2D eigenvalue weighted by Gasteiger charge is -2.33. The molecule has 134 valence electrons. The van der Waals surface area contributed by atoms with Crippen molar-refractivity contribution in [3.05, 3.63) is 35.6 Å². The number of nitrogens with one attached hydrogen (secondary N) is 1. The molecule has 0 aliphatic carbocycles. The van der Waals surface area contributed by atoms with E-state index in [0.717, 1.165) is 45.3 Å². The second-order valence-corrected chi connectivity index (χ2v) is 8.38. The summed E-state index contributed by atoms with van der Waals surface area (Å²) in [5, 5.41) is 5.46. The van der Waals surface area contributed by atoms with E-state index in [9.17, 15) is 0 Å². The molecule has 2 saturated heterocycles. The van der Waals surface area contributed by atoms with Crippen LogP contribution in [-0.4, -0.2) is 42.3 Å². The minimum atomic E-state index is 0.577. The number of hydrogen-bond acceptors (Lipinski definition) is 6. The maximum atomic E-state index is 6.11. The van der Waals surface area contributed by atoms with Crippen molar-refractivity contribution in [2.45, 2.75) is 24.9 Å². The Bertz CT molecular complexity index is 963. The molecule has 7 heteroatoms. The third-order valence-corrected chi connectivity index (χ3v) is 6.56. The SMILES string of the molecule is COc1cc(Cl)ccc1-c1cc2c(N3CC4CCC(C3)N4)ncnc2s1. The minimum absolute atomic E-state index is 0.577. The van der Waals surface area contributed by atoms with Crippen molar-refractivity contribution in [1.82, 2.24) is 15.3 Å². The number of benzene rings is 1. The summed E-state index contributed by atoms with van der Waals surface area (Å²) < 4.78 is 5.53. The number of rotatable bonds is 3. The van der Waals surface area contributed by atoms with E-state index in [2.05, 4.69) is 26.3 Å². The van der Waals surface area contributed by atoms with Gasteiger partial charge in [-0.25, -0.2) is 9.97 Å². The van der Waals surface area contributed by atoms with Crippen molar-refractivity contribution in [2.24, 2.45) is 0 Å². The topological polar surface area (TPSA) is 50.3 Å². The van der Waals surface area contributed by atoms with Crippen LogP contribution in [0, 0.1) is 0 Å². The minimum Gasteiger partial charge on any atom is -0.496 e. The Balaban J connectivity index is 1.58. The molecule has 2 fully saturated rings. The number of fused-ring (bicyclic) bond motifs is 3. The lowest BCUT2D eigenvalue weighted by molar-refractivity contribution is 0.416. The molecule has 26 heavy (non-hydrogen) atoms. The summed E-state index contributed by atoms with van der Waals surface area (Å²) in [6, 6.07) is 9.09. The first kappa shape index (κ1) is 16.3. The molecule has 1 aromatic carbocycles. The first-order valence-electron chi connectivity index (χ1n) is 8.81. The summed E-state index contributed by atoms with van der Waals surface area (Å²) >= 11 is 7.77. The predicted molar refractivity (Wildman–Crippen MR) is 107 cm³/mol. The van der Waals surface area contributed by atoms with Gasteiger partial charge in [0, 0.05) is 40.6 Å². The van der Waals surface area contributed by atoms with Gasteiger partial charge >= 0.3 is 0 Å². The lowest BCUT2D eigenvalue weighted by Crippen LogP contribution is -2.51. The largest absolute Gasteiger partial charge is 0.496 e. The third-order valence-electron chi connectivity index (χ3n) is 5.25. The molecule has 2 atom stereocenters. The smallest absolute Gasteiger partial charge is 0.140 e. The summed E-state index contributed by atoms with van der Waals surface area (Å²) in [6.07, 6.45) is 4.19. The molecule has 2 aromatic heterocycles. The van der Waals surface area contributed by atoms with Gasteiger partial charge in [-0.05, 0) is 37.1 Å². The van der Waals surface area contributed by atoms with Crippen molar-refractivity contribution < 1.29 is 4.74 Å². The van der Waals surface area contributed by atoms with Crippen LogP contribution in [0.2, 0.25) is 5.02 Å². The molecule has 0 saturated carbocycles. The number of aromatic nitrogens is 2. The molecule has 2 aliphatic rings. The molecule has 3 aromatic rings. The number of anilines is 1. The fourth-order valence-corrected chi connectivity index (χ4v) is 5.25. The van der Waals surface area contributed by atoms with Gasteiger partial charge in [-0.15, -0.1) is 11.3 Å². The van der Waals surface area contributed by atoms with Crippen LogP contribution in [0.5, 0.6) is 5.75 Å². The maximum Gasteiger partial charge on any atom is 0.140 e. The van der Waals surface area contributed by atoms with Gasteiger partial charge in [-0.3, -0.25) is 0 Å². The number of nitrogens with zero attached hydrogens (tertiary/aromatic N) is 3. The van der Waals surface area contributed by atoms with Gasteiger partial charge in [0.25, 0.3) is 0 Å². The van der Waals surface area contributed by atoms with Crippen LogP contribution in [0.4, 0.5) is 5.82 Å². The van der Waals surface area contributed by atoms with E-state index >= 15 is 0 Å². The average molecular weight is 387 g/mol.